The van der Waals surface area contributed by atoms with Gasteiger partial charge >= 0.3 is 6.09 Å². The summed E-state index contributed by atoms with van der Waals surface area (Å²) in [4.78, 5) is 29.6. The number of aromatic nitrogens is 1. The Morgan fingerprint density at radius 2 is 2.04 bits per heavy atom. The van der Waals surface area contributed by atoms with Crippen molar-refractivity contribution in [3.63, 3.8) is 0 Å². The molecule has 0 aliphatic carbocycles. The molecule has 28 heavy (non-hydrogen) atoms. The number of carbonyl (C=O) groups excluding carboxylic acids is 2. The quantitative estimate of drug-likeness (QED) is 0.773. The Labute approximate surface area is 169 Å². The second kappa shape index (κ2) is 9.59. The lowest BCUT2D eigenvalue weighted by atomic mass is 9.93. The molecule has 2 N–H and O–H groups in total. The van der Waals surface area contributed by atoms with Gasteiger partial charge in [-0.3, -0.25) is 4.79 Å². The molecule has 0 spiro atoms. The van der Waals surface area contributed by atoms with Crippen LogP contribution in [0.4, 0.5) is 10.6 Å². The average Bonchev–Trinajstić information content (AvgIpc) is 2.72. The topological polar surface area (TPSA) is 83.6 Å². The maximum absolute atomic E-state index is 11.5. The fourth-order valence-electron chi connectivity index (χ4n) is 3.35. The first kappa shape index (κ1) is 20.2. The summed E-state index contributed by atoms with van der Waals surface area (Å²) in [6.45, 7) is 2.17. The summed E-state index contributed by atoms with van der Waals surface area (Å²) in [5.74, 6) is 1.21. The number of carbonyl (C=O) groups is 2. The van der Waals surface area contributed by atoms with E-state index in [4.69, 9.17) is 21.3 Å². The number of fused-ring (bicyclic) bond motifs is 1. The van der Waals surface area contributed by atoms with E-state index < -0.39 is 6.09 Å². The lowest BCUT2D eigenvalue weighted by molar-refractivity contribution is -0.123. The van der Waals surface area contributed by atoms with E-state index in [9.17, 15) is 9.59 Å². The van der Waals surface area contributed by atoms with E-state index in [1.54, 1.807) is 0 Å². The third-order valence-corrected chi connectivity index (χ3v) is 5.25. The third-order valence-electron chi connectivity index (χ3n) is 5.01. The minimum atomic E-state index is -0.554. The lowest BCUT2D eigenvalue weighted by Crippen LogP contribution is -2.36. The van der Waals surface area contributed by atoms with Gasteiger partial charge in [0.15, 0.2) is 6.61 Å². The number of pyridine rings is 1. The van der Waals surface area contributed by atoms with Crippen LogP contribution in [0.3, 0.4) is 0 Å². The molecule has 2 heterocycles. The SMILES string of the molecule is CNC(=O)COC(=O)NCCC1CCN(c2ccc3cc(Cl)ccc3n2)CC1. The minimum Gasteiger partial charge on any atom is -0.439 e. The maximum Gasteiger partial charge on any atom is 0.407 e. The van der Waals surface area contributed by atoms with Gasteiger partial charge in [-0.15, -0.1) is 0 Å². The number of alkyl carbamates (subject to hydrolysis) is 1. The normalized spacial score (nSPS) is 14.7. The Balaban J connectivity index is 1.41. The Morgan fingerprint density at radius 3 is 2.79 bits per heavy atom. The molecule has 7 nitrogen and oxygen atoms in total. The van der Waals surface area contributed by atoms with Crippen LogP contribution >= 0.6 is 11.6 Å². The molecule has 1 aliphatic rings. The first-order valence-corrected chi connectivity index (χ1v) is 9.85. The molecule has 2 aromatic rings. The molecule has 1 aromatic carbocycles. The molecule has 0 atom stereocenters. The number of amides is 2. The molecule has 1 fully saturated rings. The molecule has 150 valence electrons. The molecule has 0 bridgehead atoms. The number of benzene rings is 1. The van der Waals surface area contributed by atoms with Crippen molar-refractivity contribution < 1.29 is 14.3 Å². The van der Waals surface area contributed by atoms with Crippen LogP contribution in [0.25, 0.3) is 10.9 Å². The summed E-state index contributed by atoms with van der Waals surface area (Å²) in [6.07, 6.45) is 2.44. The van der Waals surface area contributed by atoms with E-state index in [0.717, 1.165) is 49.1 Å². The summed E-state index contributed by atoms with van der Waals surface area (Å²) in [5, 5.41) is 6.86. The highest BCUT2D eigenvalue weighted by Gasteiger charge is 2.20. The predicted octanol–water partition coefficient (Wildman–Crippen LogP) is 2.97. The highest BCUT2D eigenvalue weighted by atomic mass is 35.5. The van der Waals surface area contributed by atoms with E-state index in [0.29, 0.717) is 17.5 Å². The van der Waals surface area contributed by atoms with Gasteiger partial charge in [-0.05, 0) is 55.5 Å². The molecule has 2 amide bonds. The van der Waals surface area contributed by atoms with Crippen LogP contribution in [0.1, 0.15) is 19.3 Å². The number of halogens is 1. The first-order chi connectivity index (χ1) is 13.5. The Kier molecular flexibility index (Phi) is 6.92. The number of likely N-dealkylation sites (N-methyl/N-ethyl adjacent to an activating group) is 1. The van der Waals surface area contributed by atoms with E-state index in [1.807, 2.05) is 24.3 Å². The van der Waals surface area contributed by atoms with Gasteiger partial charge < -0.3 is 20.3 Å². The summed E-state index contributed by atoms with van der Waals surface area (Å²) in [5.41, 5.74) is 0.948. The average molecular weight is 405 g/mol. The number of piperidine rings is 1. The minimum absolute atomic E-state index is 0.258. The Hall–Kier alpha value is -2.54. The highest BCUT2D eigenvalue weighted by molar-refractivity contribution is 6.31. The predicted molar refractivity (Wildman–Crippen MR) is 110 cm³/mol. The van der Waals surface area contributed by atoms with Crippen molar-refractivity contribution in [2.75, 3.05) is 38.2 Å². The molecule has 8 heteroatoms. The smallest absolute Gasteiger partial charge is 0.407 e. The third kappa shape index (κ3) is 5.48. The zero-order valence-electron chi connectivity index (χ0n) is 15.9. The van der Waals surface area contributed by atoms with Crippen LogP contribution in [0.5, 0.6) is 0 Å². The number of nitrogens with zero attached hydrogens (tertiary/aromatic N) is 2. The van der Waals surface area contributed by atoms with E-state index in [1.165, 1.54) is 7.05 Å². The van der Waals surface area contributed by atoms with Crippen LogP contribution < -0.4 is 15.5 Å². The van der Waals surface area contributed by atoms with Gasteiger partial charge in [0.25, 0.3) is 5.91 Å². The number of ether oxygens (including phenoxy) is 1. The highest BCUT2D eigenvalue weighted by Crippen LogP contribution is 2.26. The Morgan fingerprint density at radius 1 is 1.25 bits per heavy atom. The van der Waals surface area contributed by atoms with Crippen molar-refractivity contribution in [3.8, 4) is 0 Å². The van der Waals surface area contributed by atoms with Gasteiger partial charge in [-0.1, -0.05) is 11.6 Å². The second-order valence-electron chi connectivity index (χ2n) is 6.90. The van der Waals surface area contributed by atoms with Crippen LogP contribution in [-0.2, 0) is 9.53 Å². The number of rotatable bonds is 6. The molecule has 3 rings (SSSR count). The van der Waals surface area contributed by atoms with Crippen LogP contribution in [0.2, 0.25) is 5.02 Å². The van der Waals surface area contributed by atoms with Gasteiger partial charge in [0, 0.05) is 37.1 Å². The summed E-state index contributed by atoms with van der Waals surface area (Å²) in [6, 6.07) is 9.84. The van der Waals surface area contributed by atoms with Crippen molar-refractivity contribution in [3.05, 3.63) is 35.4 Å². The molecule has 1 saturated heterocycles. The van der Waals surface area contributed by atoms with Crippen molar-refractivity contribution >= 4 is 40.3 Å². The molecule has 0 radical (unpaired) electrons. The van der Waals surface area contributed by atoms with E-state index in [2.05, 4.69) is 21.6 Å². The van der Waals surface area contributed by atoms with Crippen LogP contribution in [0, 0.1) is 5.92 Å². The van der Waals surface area contributed by atoms with Gasteiger partial charge in [0.1, 0.15) is 5.82 Å². The van der Waals surface area contributed by atoms with Gasteiger partial charge in [-0.25, -0.2) is 9.78 Å². The second-order valence-corrected chi connectivity index (χ2v) is 7.34. The van der Waals surface area contributed by atoms with Crippen LogP contribution in [0.15, 0.2) is 30.3 Å². The molecule has 0 saturated carbocycles. The molecular weight excluding hydrogens is 380 g/mol. The zero-order chi connectivity index (χ0) is 19.9. The van der Waals surface area contributed by atoms with Crippen molar-refractivity contribution in [1.29, 1.82) is 0 Å². The van der Waals surface area contributed by atoms with Gasteiger partial charge in [-0.2, -0.15) is 0 Å². The monoisotopic (exact) mass is 404 g/mol. The van der Waals surface area contributed by atoms with Crippen LogP contribution in [-0.4, -0.2) is 50.3 Å². The van der Waals surface area contributed by atoms with Crippen molar-refractivity contribution in [2.45, 2.75) is 19.3 Å². The fraction of sp³-hybridized carbons (Fsp3) is 0.450. The lowest BCUT2D eigenvalue weighted by Gasteiger charge is -2.33. The Bertz CT molecular complexity index is 837. The number of anilines is 1. The fourth-order valence-corrected chi connectivity index (χ4v) is 3.53. The van der Waals surface area contributed by atoms with Gasteiger partial charge in [0.2, 0.25) is 0 Å². The summed E-state index contributed by atoms with van der Waals surface area (Å²) in [7, 11) is 1.50. The molecule has 1 aromatic heterocycles. The maximum atomic E-state index is 11.5. The summed E-state index contributed by atoms with van der Waals surface area (Å²) < 4.78 is 4.81. The van der Waals surface area contributed by atoms with Gasteiger partial charge in [0.05, 0.1) is 5.52 Å². The standard InChI is InChI=1S/C20H25ClN4O3/c1-22-19(26)13-28-20(27)23-9-6-14-7-10-25(11-8-14)18-5-2-15-12-16(21)3-4-17(15)24-18/h2-5,12,14H,6-11,13H2,1H3,(H,22,26)(H,23,27). The number of hydrogen-bond acceptors (Lipinski definition) is 5. The van der Waals surface area contributed by atoms with E-state index >= 15 is 0 Å². The molecule has 0 unspecified atom stereocenters. The zero-order valence-corrected chi connectivity index (χ0v) is 16.7. The molecular formula is C20H25ClN4O3. The van der Waals surface area contributed by atoms with E-state index in [-0.39, 0.29) is 12.5 Å². The molecule has 1 aliphatic heterocycles. The summed E-state index contributed by atoms with van der Waals surface area (Å²) >= 11 is 6.03. The first-order valence-electron chi connectivity index (χ1n) is 9.47. The van der Waals surface area contributed by atoms with Crippen molar-refractivity contribution in [2.24, 2.45) is 5.92 Å². The number of hydrogen-bond donors (Lipinski definition) is 2. The number of nitrogens with one attached hydrogen (secondary N) is 2. The van der Waals surface area contributed by atoms with Crippen molar-refractivity contribution in [1.82, 2.24) is 15.6 Å². The largest absolute Gasteiger partial charge is 0.439 e.